The molecule has 6 unspecified atom stereocenters. The van der Waals surface area contributed by atoms with E-state index in [9.17, 15) is 30.0 Å². The Morgan fingerprint density at radius 1 is 1.18 bits per heavy atom. The van der Waals surface area contributed by atoms with Gasteiger partial charge in [0.05, 0.1) is 18.1 Å². The highest BCUT2D eigenvalue weighted by Gasteiger charge is 2.44. The summed E-state index contributed by atoms with van der Waals surface area (Å²) < 4.78 is 10.8. The molecule has 1 aliphatic rings. The van der Waals surface area contributed by atoms with Crippen molar-refractivity contribution in [3.63, 3.8) is 0 Å². The Hall–Kier alpha value is -1.36. The third kappa shape index (κ3) is 6.91. The second-order valence-corrected chi connectivity index (χ2v) is 7.92. The van der Waals surface area contributed by atoms with E-state index in [-0.39, 0.29) is 18.6 Å². The fourth-order valence-electron chi connectivity index (χ4n) is 2.97. The summed E-state index contributed by atoms with van der Waals surface area (Å²) in [4.78, 5) is 23.3. The van der Waals surface area contributed by atoms with Crippen LogP contribution in [0.4, 0.5) is 0 Å². The van der Waals surface area contributed by atoms with Crippen LogP contribution >= 0.6 is 0 Å². The summed E-state index contributed by atoms with van der Waals surface area (Å²) in [6, 6.07) is 0. The first kappa shape index (κ1) is 24.7. The molecule has 6 atom stereocenters. The molecule has 0 radical (unpaired) electrons. The molecule has 0 spiro atoms. The number of rotatable bonds is 10. The minimum atomic E-state index is -1.52. The molecule has 1 saturated heterocycles. The molecule has 0 aromatic heterocycles. The van der Waals surface area contributed by atoms with E-state index in [1.165, 1.54) is 0 Å². The highest BCUT2D eigenvalue weighted by Crippen LogP contribution is 2.24. The first-order valence-corrected chi connectivity index (χ1v) is 9.28. The van der Waals surface area contributed by atoms with Gasteiger partial charge >= 0.3 is 5.97 Å². The van der Waals surface area contributed by atoms with Crippen molar-refractivity contribution in [3.8, 4) is 0 Å². The van der Waals surface area contributed by atoms with Gasteiger partial charge in [-0.1, -0.05) is 11.6 Å². The Kier molecular flexibility index (Phi) is 9.19. The lowest BCUT2D eigenvalue weighted by molar-refractivity contribution is -0.310. The van der Waals surface area contributed by atoms with Crippen LogP contribution in [0.15, 0.2) is 11.6 Å². The molecule has 0 bridgehead atoms. The number of aliphatic hydroxyl groups is 4. The van der Waals surface area contributed by atoms with E-state index in [1.807, 2.05) is 0 Å². The minimum Gasteiger partial charge on any atom is -0.481 e. The predicted octanol–water partition coefficient (Wildman–Crippen LogP) is -0.0121. The van der Waals surface area contributed by atoms with E-state index in [0.29, 0.717) is 12.0 Å². The maximum absolute atomic E-state index is 12.1. The number of ether oxygens (including phenoxy) is 2. The smallest absolute Gasteiger partial charge is 0.312 e. The van der Waals surface area contributed by atoms with Crippen LogP contribution in [0.5, 0.6) is 0 Å². The van der Waals surface area contributed by atoms with Crippen LogP contribution in [-0.4, -0.2) is 80.7 Å². The molecule has 0 aromatic rings. The Labute approximate surface area is 164 Å². The van der Waals surface area contributed by atoms with E-state index >= 15 is 0 Å². The van der Waals surface area contributed by atoms with E-state index in [1.54, 1.807) is 33.8 Å². The van der Waals surface area contributed by atoms with Crippen molar-refractivity contribution in [2.45, 2.75) is 83.8 Å². The van der Waals surface area contributed by atoms with Crippen LogP contribution in [0, 0.1) is 5.41 Å². The van der Waals surface area contributed by atoms with Crippen molar-refractivity contribution in [1.82, 2.24) is 0 Å². The zero-order valence-electron chi connectivity index (χ0n) is 16.7. The summed E-state index contributed by atoms with van der Waals surface area (Å²) in [5, 5.41) is 47.8. The number of carboxylic acids is 1. The molecule has 1 rings (SSSR count). The molecule has 28 heavy (non-hydrogen) atoms. The van der Waals surface area contributed by atoms with Crippen LogP contribution in [-0.2, 0) is 19.1 Å². The molecule has 9 heteroatoms. The minimum absolute atomic E-state index is 0.0841. The first-order chi connectivity index (χ1) is 12.9. The molecule has 5 N–H and O–H groups in total. The van der Waals surface area contributed by atoms with Crippen molar-refractivity contribution < 1.29 is 44.6 Å². The average molecular weight is 404 g/mol. The standard InChI is InChI=1S/C19H32O9/c1-10(8-19(3,4)18(25)26)7-12(21)6-5-11(2)27-17-16(24)15(23)14(22)13(9-20)28-17/h8,11,13-17,20,22-24H,5-7,9H2,1-4H3,(H,25,26). The Balaban J connectivity index is 2.51. The van der Waals surface area contributed by atoms with Crippen LogP contribution in [0.2, 0.25) is 0 Å². The lowest BCUT2D eigenvalue weighted by Crippen LogP contribution is -2.59. The third-order valence-corrected chi connectivity index (χ3v) is 4.68. The summed E-state index contributed by atoms with van der Waals surface area (Å²) in [6.07, 6.45) is -5.06. The second-order valence-electron chi connectivity index (χ2n) is 7.92. The molecule has 1 fully saturated rings. The van der Waals surface area contributed by atoms with Gasteiger partial charge in [-0.05, 0) is 34.1 Å². The Morgan fingerprint density at radius 2 is 1.79 bits per heavy atom. The van der Waals surface area contributed by atoms with Gasteiger partial charge < -0.3 is 35.0 Å². The topological polar surface area (TPSA) is 154 Å². The summed E-state index contributed by atoms with van der Waals surface area (Å²) in [5.41, 5.74) is -0.385. The van der Waals surface area contributed by atoms with E-state index in [4.69, 9.17) is 14.6 Å². The van der Waals surface area contributed by atoms with Crippen LogP contribution in [0.1, 0.15) is 47.0 Å². The zero-order chi connectivity index (χ0) is 21.6. The van der Waals surface area contributed by atoms with Crippen molar-refractivity contribution in [2.24, 2.45) is 5.41 Å². The second kappa shape index (κ2) is 10.4. The SMILES string of the molecule is CC(=CC(C)(C)C(=O)O)CC(=O)CCC(C)OC1OC(CO)C(O)C(O)C1O. The largest absolute Gasteiger partial charge is 0.481 e. The lowest BCUT2D eigenvalue weighted by atomic mass is 9.90. The first-order valence-electron chi connectivity index (χ1n) is 9.28. The Bertz CT molecular complexity index is 570. The highest BCUT2D eigenvalue weighted by molar-refractivity contribution is 5.81. The number of ketones is 1. The number of Topliss-reactive ketones (excluding diaryl/α,β-unsaturated/α-hetero) is 1. The fraction of sp³-hybridized carbons (Fsp3) is 0.789. The maximum atomic E-state index is 12.1. The quantitative estimate of drug-likeness (QED) is 0.316. The number of allylic oxidation sites excluding steroid dienone is 1. The summed E-state index contributed by atoms with van der Waals surface area (Å²) in [6.45, 7) is 5.94. The summed E-state index contributed by atoms with van der Waals surface area (Å²) in [7, 11) is 0. The Morgan fingerprint density at radius 3 is 2.32 bits per heavy atom. The van der Waals surface area contributed by atoms with Gasteiger partial charge in [0, 0.05) is 12.8 Å². The number of carboxylic acid groups (broad SMARTS) is 1. The van der Waals surface area contributed by atoms with Gasteiger partial charge in [0.25, 0.3) is 0 Å². The zero-order valence-corrected chi connectivity index (χ0v) is 16.7. The molecular weight excluding hydrogens is 372 g/mol. The molecule has 9 nitrogen and oxygen atoms in total. The number of carbonyl (C=O) groups excluding carboxylic acids is 1. The van der Waals surface area contributed by atoms with Crippen LogP contribution in [0.3, 0.4) is 0 Å². The molecule has 1 aliphatic heterocycles. The van der Waals surface area contributed by atoms with Crippen molar-refractivity contribution in [2.75, 3.05) is 6.61 Å². The lowest BCUT2D eigenvalue weighted by Gasteiger charge is -2.40. The van der Waals surface area contributed by atoms with Gasteiger partial charge in [-0.25, -0.2) is 0 Å². The van der Waals surface area contributed by atoms with Gasteiger partial charge in [0.2, 0.25) is 0 Å². The van der Waals surface area contributed by atoms with E-state index in [0.717, 1.165) is 0 Å². The number of hydrogen-bond acceptors (Lipinski definition) is 8. The normalized spacial score (nSPS) is 30.1. The molecule has 0 saturated carbocycles. The van der Waals surface area contributed by atoms with Gasteiger partial charge in [-0.15, -0.1) is 0 Å². The monoisotopic (exact) mass is 404 g/mol. The maximum Gasteiger partial charge on any atom is 0.312 e. The third-order valence-electron chi connectivity index (χ3n) is 4.68. The van der Waals surface area contributed by atoms with E-state index < -0.39 is 54.8 Å². The fourth-order valence-corrected chi connectivity index (χ4v) is 2.97. The number of aliphatic hydroxyl groups excluding tert-OH is 4. The number of carbonyl (C=O) groups is 2. The van der Waals surface area contributed by atoms with Crippen molar-refractivity contribution in [3.05, 3.63) is 11.6 Å². The molecule has 0 aliphatic carbocycles. The molecule has 1 heterocycles. The van der Waals surface area contributed by atoms with Gasteiger partial charge in [-0.3, -0.25) is 9.59 Å². The summed E-state index contributed by atoms with van der Waals surface area (Å²) >= 11 is 0. The van der Waals surface area contributed by atoms with Gasteiger partial charge in [0.15, 0.2) is 6.29 Å². The van der Waals surface area contributed by atoms with Crippen molar-refractivity contribution >= 4 is 11.8 Å². The predicted molar refractivity (Wildman–Crippen MR) is 98.3 cm³/mol. The molecule has 162 valence electrons. The molecule has 0 amide bonds. The average Bonchev–Trinajstić information content (AvgIpc) is 2.59. The molecule has 0 aromatic carbocycles. The van der Waals surface area contributed by atoms with Crippen LogP contribution in [0.25, 0.3) is 0 Å². The van der Waals surface area contributed by atoms with E-state index in [2.05, 4.69) is 0 Å². The van der Waals surface area contributed by atoms with Crippen molar-refractivity contribution in [1.29, 1.82) is 0 Å². The van der Waals surface area contributed by atoms with Gasteiger partial charge in [0.1, 0.15) is 30.2 Å². The molecular formula is C19H32O9. The highest BCUT2D eigenvalue weighted by atomic mass is 16.7. The van der Waals surface area contributed by atoms with Crippen LogP contribution < -0.4 is 0 Å². The summed E-state index contributed by atoms with van der Waals surface area (Å²) in [5.74, 6) is -1.06. The van der Waals surface area contributed by atoms with Gasteiger partial charge in [-0.2, -0.15) is 0 Å². The number of hydrogen-bond donors (Lipinski definition) is 5. The number of aliphatic carboxylic acids is 1.